The number of nitrogens with one attached hydrogen (secondary N) is 1. The number of nitrogens with zero attached hydrogens (tertiary/aromatic N) is 2. The number of aryl methyl sites for hydroxylation is 1. The largest absolute Gasteiger partial charge is 0.355 e. The molecule has 5 heteroatoms. The van der Waals surface area contributed by atoms with E-state index in [-0.39, 0.29) is 5.91 Å². The molecule has 4 rings (SSSR count). The molecule has 4 nitrogen and oxygen atoms in total. The Morgan fingerprint density at radius 1 is 1.38 bits per heavy atom. The van der Waals surface area contributed by atoms with E-state index in [1.807, 2.05) is 12.1 Å². The molecule has 0 spiro atoms. The molecule has 1 aliphatic rings. The van der Waals surface area contributed by atoms with Crippen LogP contribution in [0.3, 0.4) is 0 Å². The number of carbonyl (C=O) groups is 1. The summed E-state index contributed by atoms with van der Waals surface area (Å²) in [7, 11) is 2.08. The molecule has 0 aliphatic heterocycles. The van der Waals surface area contributed by atoms with Crippen molar-refractivity contribution >= 4 is 28.3 Å². The van der Waals surface area contributed by atoms with Crippen LogP contribution in [0.25, 0.3) is 11.0 Å². The number of fused-ring (bicyclic) bond motifs is 1. The molecule has 0 bridgehead atoms. The Hall–Kier alpha value is -2.14. The van der Waals surface area contributed by atoms with Gasteiger partial charge in [-0.05, 0) is 48.4 Å². The van der Waals surface area contributed by atoms with Gasteiger partial charge < -0.3 is 9.88 Å². The number of amides is 1. The monoisotopic (exact) mass is 339 g/mol. The van der Waals surface area contributed by atoms with Crippen molar-refractivity contribution in [2.45, 2.75) is 31.6 Å². The van der Waals surface area contributed by atoms with Crippen molar-refractivity contribution in [3.8, 4) is 0 Å². The maximum absolute atomic E-state index is 12.1. The fourth-order valence-electron chi connectivity index (χ4n) is 3.11. The molecule has 1 aromatic carbocycles. The molecule has 3 aromatic rings. The molecular weight excluding hydrogens is 318 g/mol. The van der Waals surface area contributed by atoms with Crippen molar-refractivity contribution in [2.24, 2.45) is 7.05 Å². The molecule has 0 radical (unpaired) electrons. The van der Waals surface area contributed by atoms with Crippen molar-refractivity contribution in [1.29, 1.82) is 0 Å². The number of hydrogen-bond donors (Lipinski definition) is 1. The molecule has 1 amide bonds. The third-order valence-corrected chi connectivity index (χ3v) is 5.50. The van der Waals surface area contributed by atoms with Gasteiger partial charge in [-0.15, -0.1) is 11.3 Å². The summed E-state index contributed by atoms with van der Waals surface area (Å²) in [5.74, 6) is 1.89. The van der Waals surface area contributed by atoms with Crippen molar-refractivity contribution in [2.75, 3.05) is 6.54 Å². The number of benzene rings is 1. The van der Waals surface area contributed by atoms with Crippen LogP contribution in [-0.4, -0.2) is 22.0 Å². The highest BCUT2D eigenvalue weighted by molar-refractivity contribution is 7.09. The molecule has 0 atom stereocenters. The number of rotatable bonds is 6. The third-order valence-electron chi connectivity index (χ3n) is 4.56. The van der Waals surface area contributed by atoms with Gasteiger partial charge in [-0.2, -0.15) is 0 Å². The van der Waals surface area contributed by atoms with Crippen molar-refractivity contribution < 1.29 is 4.79 Å². The summed E-state index contributed by atoms with van der Waals surface area (Å²) >= 11 is 1.73. The molecular formula is C19H21N3OS. The Labute approximate surface area is 145 Å². The van der Waals surface area contributed by atoms with E-state index in [9.17, 15) is 4.79 Å². The summed E-state index contributed by atoms with van der Waals surface area (Å²) in [6.45, 7) is 0.691. The van der Waals surface area contributed by atoms with Gasteiger partial charge in [0.25, 0.3) is 0 Å². The van der Waals surface area contributed by atoms with Gasteiger partial charge in [0.1, 0.15) is 5.82 Å². The molecule has 1 aliphatic carbocycles. The van der Waals surface area contributed by atoms with Crippen LogP contribution in [0.2, 0.25) is 0 Å². The van der Waals surface area contributed by atoms with Crippen LogP contribution in [-0.2, 0) is 24.7 Å². The summed E-state index contributed by atoms with van der Waals surface area (Å²) in [5, 5.41) is 5.07. The highest BCUT2D eigenvalue weighted by Crippen LogP contribution is 2.40. The number of hydrogen-bond acceptors (Lipinski definition) is 3. The Balaban J connectivity index is 1.39. The lowest BCUT2D eigenvalue weighted by atomic mass is 10.1. The van der Waals surface area contributed by atoms with Gasteiger partial charge >= 0.3 is 0 Å². The maximum atomic E-state index is 12.1. The molecule has 2 aromatic heterocycles. The maximum Gasteiger partial charge on any atom is 0.224 e. The van der Waals surface area contributed by atoms with Crippen LogP contribution in [0.5, 0.6) is 0 Å². The third kappa shape index (κ3) is 3.22. The summed E-state index contributed by atoms with van der Waals surface area (Å²) in [6.07, 6.45) is 3.80. The Morgan fingerprint density at radius 2 is 2.25 bits per heavy atom. The molecule has 2 heterocycles. The lowest BCUT2D eigenvalue weighted by molar-refractivity contribution is -0.120. The Kier molecular flexibility index (Phi) is 4.10. The average molecular weight is 339 g/mol. The van der Waals surface area contributed by atoms with E-state index < -0.39 is 0 Å². The first kappa shape index (κ1) is 15.4. The van der Waals surface area contributed by atoms with Gasteiger partial charge in [0.2, 0.25) is 5.91 Å². The van der Waals surface area contributed by atoms with Gasteiger partial charge in [-0.3, -0.25) is 4.79 Å². The minimum Gasteiger partial charge on any atom is -0.355 e. The zero-order valence-corrected chi connectivity index (χ0v) is 14.6. The summed E-state index contributed by atoms with van der Waals surface area (Å²) in [4.78, 5) is 18.2. The zero-order valence-electron chi connectivity index (χ0n) is 13.8. The lowest BCUT2D eigenvalue weighted by Gasteiger charge is -2.05. The normalized spacial score (nSPS) is 14.2. The van der Waals surface area contributed by atoms with Crippen LogP contribution in [0.15, 0.2) is 35.7 Å². The topological polar surface area (TPSA) is 46.9 Å². The molecule has 24 heavy (non-hydrogen) atoms. The molecule has 0 saturated heterocycles. The van der Waals surface area contributed by atoms with Crippen LogP contribution < -0.4 is 5.32 Å². The number of thiophene rings is 1. The smallest absolute Gasteiger partial charge is 0.224 e. The van der Waals surface area contributed by atoms with Gasteiger partial charge in [-0.1, -0.05) is 12.1 Å². The SMILES string of the molecule is Cn1c(C2CC2)nc2cc(CC(=O)NCCc3cccs3)ccc21. The van der Waals surface area contributed by atoms with Crippen molar-refractivity contribution in [3.63, 3.8) is 0 Å². The first-order valence-electron chi connectivity index (χ1n) is 8.45. The van der Waals surface area contributed by atoms with E-state index in [0.29, 0.717) is 18.9 Å². The highest BCUT2D eigenvalue weighted by atomic mass is 32.1. The lowest BCUT2D eigenvalue weighted by Crippen LogP contribution is -2.27. The summed E-state index contributed by atoms with van der Waals surface area (Å²) in [5.41, 5.74) is 3.18. The second-order valence-corrected chi connectivity index (χ2v) is 7.51. The van der Waals surface area contributed by atoms with Crippen LogP contribution in [0.4, 0.5) is 0 Å². The number of aromatic nitrogens is 2. The quantitative estimate of drug-likeness (QED) is 0.748. The zero-order chi connectivity index (χ0) is 16.5. The molecule has 124 valence electrons. The second kappa shape index (κ2) is 6.40. The van der Waals surface area contributed by atoms with E-state index in [1.165, 1.54) is 23.5 Å². The van der Waals surface area contributed by atoms with Gasteiger partial charge in [0.15, 0.2) is 0 Å². The second-order valence-electron chi connectivity index (χ2n) is 6.48. The van der Waals surface area contributed by atoms with Crippen molar-refractivity contribution in [3.05, 3.63) is 52.0 Å². The van der Waals surface area contributed by atoms with Gasteiger partial charge in [0, 0.05) is 24.4 Å². The molecule has 1 fully saturated rings. The molecule has 1 N–H and O–H groups in total. The fourth-order valence-corrected chi connectivity index (χ4v) is 3.82. The number of imidazole rings is 1. The Morgan fingerprint density at radius 3 is 3.00 bits per heavy atom. The minimum absolute atomic E-state index is 0.0734. The first-order chi connectivity index (χ1) is 11.7. The first-order valence-corrected chi connectivity index (χ1v) is 9.33. The predicted molar refractivity (Wildman–Crippen MR) is 97.4 cm³/mol. The van der Waals surface area contributed by atoms with Crippen LogP contribution >= 0.6 is 11.3 Å². The highest BCUT2D eigenvalue weighted by Gasteiger charge is 2.28. The summed E-state index contributed by atoms with van der Waals surface area (Å²) in [6, 6.07) is 10.3. The molecule has 0 unspecified atom stereocenters. The van der Waals surface area contributed by atoms with Crippen LogP contribution in [0.1, 0.15) is 35.0 Å². The minimum atomic E-state index is 0.0734. The van der Waals surface area contributed by atoms with Crippen LogP contribution in [0, 0.1) is 0 Å². The predicted octanol–water partition coefficient (Wildman–Crippen LogP) is 3.41. The fraction of sp³-hybridized carbons (Fsp3) is 0.368. The van der Waals surface area contributed by atoms with E-state index in [0.717, 1.165) is 23.0 Å². The van der Waals surface area contributed by atoms with E-state index in [4.69, 9.17) is 4.98 Å². The average Bonchev–Trinajstić information content (AvgIpc) is 3.18. The van der Waals surface area contributed by atoms with Crippen molar-refractivity contribution in [1.82, 2.24) is 14.9 Å². The van der Waals surface area contributed by atoms with Gasteiger partial charge in [-0.25, -0.2) is 4.98 Å². The van der Waals surface area contributed by atoms with E-state index in [2.05, 4.69) is 40.5 Å². The van der Waals surface area contributed by atoms with E-state index >= 15 is 0 Å². The summed E-state index contributed by atoms with van der Waals surface area (Å²) < 4.78 is 2.19. The van der Waals surface area contributed by atoms with E-state index in [1.54, 1.807) is 11.3 Å². The van der Waals surface area contributed by atoms with Gasteiger partial charge in [0.05, 0.1) is 17.5 Å². The standard InChI is InChI=1S/C19H21N3OS/c1-22-17-7-4-13(11-16(17)21-19(22)14-5-6-14)12-18(23)20-9-8-15-3-2-10-24-15/h2-4,7,10-11,14H,5-6,8-9,12H2,1H3,(H,20,23). The Bertz CT molecular complexity index is 862. The number of carbonyl (C=O) groups excluding carboxylic acids is 1. The molecule has 1 saturated carbocycles.